The minimum absolute atomic E-state index is 0.101. The van der Waals surface area contributed by atoms with Gasteiger partial charge in [-0.2, -0.15) is 0 Å². The molecule has 0 radical (unpaired) electrons. The Morgan fingerprint density at radius 3 is 2.63 bits per heavy atom. The highest BCUT2D eigenvalue weighted by Crippen LogP contribution is 2.33. The van der Waals surface area contributed by atoms with Crippen LogP contribution in [0.1, 0.15) is 18.9 Å². The van der Waals surface area contributed by atoms with Crippen LogP contribution in [0.2, 0.25) is 0 Å². The molecular formula is C12H19N3O4. The van der Waals surface area contributed by atoms with Gasteiger partial charge in [0.05, 0.1) is 6.10 Å². The van der Waals surface area contributed by atoms with Crippen LogP contribution in [0.4, 0.5) is 5.69 Å². The first-order valence-electron chi connectivity index (χ1n) is 6.25. The first-order chi connectivity index (χ1) is 8.93. The van der Waals surface area contributed by atoms with E-state index in [-0.39, 0.29) is 18.6 Å². The highest BCUT2D eigenvalue weighted by molar-refractivity contribution is 5.39. The fraction of sp³-hybridized carbons (Fsp3) is 0.667. The molecule has 0 amide bonds. The summed E-state index contributed by atoms with van der Waals surface area (Å²) in [6.45, 7) is -0.101. The third kappa shape index (κ3) is 2.57. The Bertz CT molecular complexity index is 563. The van der Waals surface area contributed by atoms with Crippen molar-refractivity contribution >= 4 is 5.69 Å². The van der Waals surface area contributed by atoms with E-state index in [1.165, 1.54) is 10.8 Å². The van der Waals surface area contributed by atoms with Crippen LogP contribution in [-0.2, 0) is 0 Å². The average molecular weight is 269 g/mol. The van der Waals surface area contributed by atoms with Crippen LogP contribution >= 0.6 is 0 Å². The summed E-state index contributed by atoms with van der Waals surface area (Å²) >= 11 is 0. The molecule has 1 aliphatic rings. The highest BCUT2D eigenvalue weighted by Gasteiger charge is 2.34. The van der Waals surface area contributed by atoms with E-state index in [1.54, 1.807) is 19.0 Å². The van der Waals surface area contributed by atoms with Crippen LogP contribution in [0.15, 0.2) is 15.8 Å². The number of H-pyrrole nitrogens is 1. The Balaban J connectivity index is 2.38. The molecule has 0 unspecified atom stereocenters. The van der Waals surface area contributed by atoms with E-state index in [0.717, 1.165) is 0 Å². The Morgan fingerprint density at radius 1 is 1.42 bits per heavy atom. The van der Waals surface area contributed by atoms with E-state index in [4.69, 9.17) is 5.11 Å². The SMILES string of the molecule is CN(C)c1cn([C@@H]2C[C@H](CO)[C@@H](O)C2)c(=O)[nH]c1=O. The van der Waals surface area contributed by atoms with Crippen LogP contribution in [0.3, 0.4) is 0 Å². The monoisotopic (exact) mass is 269 g/mol. The van der Waals surface area contributed by atoms with Gasteiger partial charge in [0.2, 0.25) is 0 Å². The number of aliphatic hydroxyl groups is 2. The van der Waals surface area contributed by atoms with Gasteiger partial charge >= 0.3 is 5.69 Å². The van der Waals surface area contributed by atoms with Crippen molar-refractivity contribution in [3.05, 3.63) is 27.0 Å². The summed E-state index contributed by atoms with van der Waals surface area (Å²) in [5, 5.41) is 18.9. The van der Waals surface area contributed by atoms with Crippen LogP contribution in [0, 0.1) is 5.92 Å². The minimum atomic E-state index is -0.614. The van der Waals surface area contributed by atoms with E-state index in [1.807, 2.05) is 0 Å². The molecule has 0 aromatic carbocycles. The van der Waals surface area contributed by atoms with Gasteiger partial charge in [-0.05, 0) is 12.8 Å². The molecule has 1 aromatic rings. The zero-order valence-electron chi connectivity index (χ0n) is 11.0. The second-order valence-electron chi connectivity index (χ2n) is 5.21. The number of hydrogen-bond donors (Lipinski definition) is 3. The van der Waals surface area contributed by atoms with Crippen molar-refractivity contribution in [1.82, 2.24) is 9.55 Å². The van der Waals surface area contributed by atoms with Crippen LogP contribution in [-0.4, -0.2) is 46.6 Å². The third-order valence-corrected chi connectivity index (χ3v) is 3.69. The lowest BCUT2D eigenvalue weighted by molar-refractivity contribution is 0.0906. The predicted octanol–water partition coefficient (Wildman–Crippen LogP) is -1.09. The Hall–Kier alpha value is -1.60. The van der Waals surface area contributed by atoms with Crippen molar-refractivity contribution in [1.29, 1.82) is 0 Å². The van der Waals surface area contributed by atoms with Gasteiger partial charge in [-0.1, -0.05) is 0 Å². The number of rotatable bonds is 3. The third-order valence-electron chi connectivity index (χ3n) is 3.69. The first-order valence-corrected chi connectivity index (χ1v) is 6.25. The molecule has 0 aliphatic heterocycles. The average Bonchev–Trinajstić information content (AvgIpc) is 2.69. The number of aromatic amines is 1. The van der Waals surface area contributed by atoms with Crippen LogP contribution in [0.25, 0.3) is 0 Å². The molecule has 106 valence electrons. The van der Waals surface area contributed by atoms with Crippen molar-refractivity contribution in [2.75, 3.05) is 25.6 Å². The smallest absolute Gasteiger partial charge is 0.328 e. The molecule has 0 saturated heterocycles. The molecule has 0 spiro atoms. The van der Waals surface area contributed by atoms with E-state index in [9.17, 15) is 14.7 Å². The molecule has 1 heterocycles. The van der Waals surface area contributed by atoms with E-state index in [2.05, 4.69) is 4.98 Å². The standard InChI is InChI=1S/C12H19N3O4/c1-14(2)9-5-15(12(19)13-11(9)18)8-3-7(6-16)10(17)4-8/h5,7-8,10,16-17H,3-4,6H2,1-2H3,(H,13,18,19)/t7-,8-,10+/m1/s1. The molecular weight excluding hydrogens is 250 g/mol. The Morgan fingerprint density at radius 2 is 2.11 bits per heavy atom. The lowest BCUT2D eigenvalue weighted by Gasteiger charge is -2.17. The second kappa shape index (κ2) is 5.18. The number of nitrogens with one attached hydrogen (secondary N) is 1. The van der Waals surface area contributed by atoms with E-state index < -0.39 is 17.4 Å². The van der Waals surface area contributed by atoms with Gasteiger partial charge in [0.25, 0.3) is 5.56 Å². The molecule has 1 saturated carbocycles. The molecule has 1 aromatic heterocycles. The summed E-state index contributed by atoms with van der Waals surface area (Å²) in [7, 11) is 3.44. The van der Waals surface area contributed by atoms with Gasteiger partial charge in [0.15, 0.2) is 0 Å². The van der Waals surface area contributed by atoms with Crippen LogP contribution in [0.5, 0.6) is 0 Å². The molecule has 1 aliphatic carbocycles. The number of anilines is 1. The summed E-state index contributed by atoms with van der Waals surface area (Å²) in [6, 6.07) is -0.199. The largest absolute Gasteiger partial charge is 0.396 e. The molecule has 0 bridgehead atoms. The van der Waals surface area contributed by atoms with Gasteiger partial charge < -0.3 is 15.1 Å². The van der Waals surface area contributed by atoms with E-state index >= 15 is 0 Å². The van der Waals surface area contributed by atoms with Crippen LogP contribution < -0.4 is 16.1 Å². The molecule has 7 heteroatoms. The maximum atomic E-state index is 11.8. The second-order valence-corrected chi connectivity index (χ2v) is 5.21. The lowest BCUT2D eigenvalue weighted by atomic mass is 10.1. The summed E-state index contributed by atoms with van der Waals surface area (Å²) < 4.78 is 1.44. The molecule has 3 atom stereocenters. The Kier molecular flexibility index (Phi) is 3.77. The summed E-state index contributed by atoms with van der Waals surface area (Å²) in [5.74, 6) is -0.216. The number of aromatic nitrogens is 2. The fourth-order valence-corrected chi connectivity index (χ4v) is 2.56. The van der Waals surface area contributed by atoms with Crippen molar-refractivity contribution in [3.63, 3.8) is 0 Å². The quantitative estimate of drug-likeness (QED) is 0.647. The van der Waals surface area contributed by atoms with Gasteiger partial charge in [0.1, 0.15) is 5.69 Å². The highest BCUT2D eigenvalue weighted by atomic mass is 16.3. The minimum Gasteiger partial charge on any atom is -0.396 e. The van der Waals surface area contributed by atoms with Crippen molar-refractivity contribution in [3.8, 4) is 0 Å². The number of aliphatic hydroxyl groups excluding tert-OH is 2. The molecule has 2 rings (SSSR count). The molecule has 1 fully saturated rings. The van der Waals surface area contributed by atoms with Crippen molar-refractivity contribution < 1.29 is 10.2 Å². The number of hydrogen-bond acceptors (Lipinski definition) is 5. The molecule has 7 nitrogen and oxygen atoms in total. The number of nitrogens with zero attached hydrogens (tertiary/aromatic N) is 2. The molecule has 19 heavy (non-hydrogen) atoms. The van der Waals surface area contributed by atoms with Crippen molar-refractivity contribution in [2.45, 2.75) is 25.0 Å². The maximum Gasteiger partial charge on any atom is 0.328 e. The molecule has 3 N–H and O–H groups in total. The zero-order valence-corrected chi connectivity index (χ0v) is 11.0. The Labute approximate surface area is 110 Å². The van der Waals surface area contributed by atoms with Gasteiger partial charge in [0, 0.05) is 38.9 Å². The topological polar surface area (TPSA) is 98.6 Å². The summed E-state index contributed by atoms with van der Waals surface area (Å²) in [4.78, 5) is 27.4. The lowest BCUT2D eigenvalue weighted by Crippen LogP contribution is -2.34. The summed E-state index contributed by atoms with van der Waals surface area (Å²) in [6.07, 6.45) is 1.83. The van der Waals surface area contributed by atoms with Gasteiger partial charge in [-0.15, -0.1) is 0 Å². The van der Waals surface area contributed by atoms with Crippen molar-refractivity contribution in [2.24, 2.45) is 5.92 Å². The predicted molar refractivity (Wildman–Crippen MR) is 70.5 cm³/mol. The van der Waals surface area contributed by atoms with Gasteiger partial charge in [-0.3, -0.25) is 14.3 Å². The first kappa shape index (κ1) is 13.8. The fourth-order valence-electron chi connectivity index (χ4n) is 2.56. The normalized spacial score (nSPS) is 26.6. The van der Waals surface area contributed by atoms with E-state index in [0.29, 0.717) is 18.5 Å². The zero-order chi connectivity index (χ0) is 14.2. The summed E-state index contributed by atoms with van der Waals surface area (Å²) in [5.41, 5.74) is -0.517. The van der Waals surface area contributed by atoms with Gasteiger partial charge in [-0.25, -0.2) is 4.79 Å². The maximum absolute atomic E-state index is 11.8.